The van der Waals surface area contributed by atoms with Crippen molar-refractivity contribution in [1.82, 2.24) is 0 Å². The van der Waals surface area contributed by atoms with Gasteiger partial charge in [-0.2, -0.15) is 0 Å². The lowest BCUT2D eigenvalue weighted by Crippen LogP contribution is -2.60. The molecule has 0 fully saturated rings. The molecule has 0 spiro atoms. The number of fused-ring (bicyclic) bond motifs is 10. The van der Waals surface area contributed by atoms with Crippen molar-refractivity contribution in [3.8, 4) is 44.5 Å². The van der Waals surface area contributed by atoms with Crippen molar-refractivity contribution in [2.75, 3.05) is 9.80 Å². The van der Waals surface area contributed by atoms with Crippen molar-refractivity contribution >= 4 is 122 Å². The Kier molecular flexibility index (Phi) is 11.0. The molecule has 13 aromatic rings. The first-order valence-corrected chi connectivity index (χ1v) is 29.8. The average Bonchev–Trinajstić information content (AvgIpc) is 4.37. The highest BCUT2D eigenvalue weighted by Gasteiger charge is 2.51. The molecule has 4 nitrogen and oxygen atoms in total. The first-order chi connectivity index (χ1) is 38.8. The lowest BCUT2D eigenvalue weighted by atomic mass is 9.37. The lowest BCUT2D eigenvalue weighted by molar-refractivity contribution is 0.590. The number of hydrogen-bond acceptors (Lipinski definition) is 6. The summed E-state index contributed by atoms with van der Waals surface area (Å²) in [4.78, 5) is 5.14. The summed E-state index contributed by atoms with van der Waals surface area (Å²) in [5, 5.41) is 9.34. The van der Waals surface area contributed by atoms with Gasteiger partial charge in [-0.3, -0.25) is 0 Å². The fourth-order valence-electron chi connectivity index (χ4n) is 12.7. The van der Waals surface area contributed by atoms with Crippen LogP contribution in [-0.4, -0.2) is 6.71 Å². The molecule has 0 atom stereocenters. The number of anilines is 6. The summed E-state index contributed by atoms with van der Waals surface area (Å²) >= 11 is 3.61. The number of hydrogen-bond donors (Lipinski definition) is 0. The van der Waals surface area contributed by atoms with E-state index < -0.39 is 0 Å². The highest BCUT2D eigenvalue weighted by molar-refractivity contribution is 7.18. The molecule has 0 saturated carbocycles. The molecule has 0 N–H and O–H groups in total. The predicted octanol–water partition coefficient (Wildman–Crippen LogP) is 20.1. The summed E-state index contributed by atoms with van der Waals surface area (Å²) in [6, 6.07) is 72.4. The molecule has 0 saturated heterocycles. The summed E-state index contributed by atoms with van der Waals surface area (Å²) in [7, 11) is 0. The number of furan rings is 2. The largest absolute Gasteiger partial charge is 0.468 e. The van der Waals surface area contributed by atoms with Gasteiger partial charge in [-0.1, -0.05) is 177 Å². The minimum Gasteiger partial charge on any atom is -0.468 e. The maximum atomic E-state index is 7.55. The van der Waals surface area contributed by atoms with Crippen molar-refractivity contribution < 1.29 is 8.83 Å². The van der Waals surface area contributed by atoms with Gasteiger partial charge in [0.05, 0.1) is 22.7 Å². The van der Waals surface area contributed by atoms with E-state index in [0.29, 0.717) is 0 Å². The molecule has 9 aromatic carbocycles. The molecule has 2 aliphatic rings. The third kappa shape index (κ3) is 7.61. The molecule has 0 aliphatic carbocycles. The van der Waals surface area contributed by atoms with Crippen LogP contribution in [0.5, 0.6) is 0 Å². The van der Waals surface area contributed by atoms with Gasteiger partial charge >= 0.3 is 6.71 Å². The monoisotopic (exact) mass is 1070 g/mol. The third-order valence-electron chi connectivity index (χ3n) is 16.9. The molecule has 15 rings (SSSR count). The van der Waals surface area contributed by atoms with Gasteiger partial charge < -0.3 is 18.6 Å². The molecule has 0 radical (unpaired) electrons. The van der Waals surface area contributed by atoms with E-state index in [0.717, 1.165) is 95.1 Å². The van der Waals surface area contributed by atoms with E-state index in [2.05, 4.69) is 270 Å². The van der Waals surface area contributed by atoms with Crippen LogP contribution in [0, 0.1) is 0 Å². The first kappa shape index (κ1) is 48.7. The zero-order chi connectivity index (χ0) is 54.3. The molecular formula is C73H59BN2O2S2. The van der Waals surface area contributed by atoms with Crippen LogP contribution in [0.4, 0.5) is 34.1 Å². The first-order valence-electron chi connectivity index (χ1n) is 28.0. The van der Waals surface area contributed by atoms with Gasteiger partial charge in [-0.05, 0) is 145 Å². The van der Waals surface area contributed by atoms with E-state index in [1.165, 1.54) is 59.1 Å². The molecule has 0 amide bonds. The van der Waals surface area contributed by atoms with Crippen LogP contribution in [0.25, 0.3) is 86.6 Å². The van der Waals surface area contributed by atoms with E-state index in [1.807, 2.05) is 0 Å². The Hall–Kier alpha value is -8.36. The van der Waals surface area contributed by atoms with E-state index in [1.54, 1.807) is 22.7 Å². The molecule has 0 unspecified atom stereocenters. The second-order valence-corrected chi connectivity index (χ2v) is 26.1. The Bertz CT molecular complexity index is 4330. The minimum atomic E-state index is -0.386. The molecular weight excluding hydrogens is 1010 g/mol. The van der Waals surface area contributed by atoms with E-state index in [4.69, 9.17) is 8.83 Å². The van der Waals surface area contributed by atoms with E-state index in [9.17, 15) is 0 Å². The smallest absolute Gasteiger partial charge is 0.342 e. The summed E-state index contributed by atoms with van der Waals surface area (Å²) in [6.07, 6.45) is 0. The Morgan fingerprint density at radius 1 is 0.400 bits per heavy atom. The van der Waals surface area contributed by atoms with Gasteiger partial charge in [0.2, 0.25) is 0 Å². The van der Waals surface area contributed by atoms with Crippen LogP contribution in [0.2, 0.25) is 0 Å². The molecule has 6 heterocycles. The lowest BCUT2D eigenvalue weighted by Gasteiger charge is -2.42. The Morgan fingerprint density at radius 2 is 0.825 bits per heavy atom. The molecule has 0 bridgehead atoms. The molecule has 2 aliphatic heterocycles. The maximum absolute atomic E-state index is 7.55. The standard InChI is InChI=1S/C73H59BN2O2S2/c1-43(2)48-37-61-67-62(38-48)76(60-32-28-47(36-54(60)45-21-13-10-14-22-45)58-42-80-66-26-18-16-24-52(58)66)69-56-40-50(73(6,7)8)30-34-64(56)78-71(69)74(67)70-68(55-39-49(72(3,4)5)29-33-63(55)77-70)75(61)59-31-27-46(35-53(59)44-19-11-9-12-20-44)57-41-79-65-25-17-15-23-51(57)65/h9-43H,1-8H3. The quantitative estimate of drug-likeness (QED) is 0.149. The van der Waals surface area contributed by atoms with Crippen molar-refractivity contribution in [2.45, 2.75) is 72.1 Å². The summed E-state index contributed by atoms with van der Waals surface area (Å²) in [5.74, 6) is 0.189. The zero-order valence-corrected chi connectivity index (χ0v) is 47.9. The van der Waals surface area contributed by atoms with Gasteiger partial charge in [0.15, 0.2) is 0 Å². The summed E-state index contributed by atoms with van der Waals surface area (Å²) < 4.78 is 17.7. The normalized spacial score (nSPS) is 13.3. The van der Waals surface area contributed by atoms with Crippen molar-refractivity contribution in [2.24, 2.45) is 0 Å². The second kappa shape index (κ2) is 18.1. The summed E-state index contributed by atoms with van der Waals surface area (Å²) in [5.41, 5.74) is 24.1. The topological polar surface area (TPSA) is 32.8 Å². The van der Waals surface area contributed by atoms with Crippen molar-refractivity contribution in [1.29, 1.82) is 0 Å². The van der Waals surface area contributed by atoms with Crippen LogP contribution in [0.15, 0.2) is 214 Å². The maximum Gasteiger partial charge on any atom is 0.342 e. The average molecular weight is 1070 g/mol. The van der Waals surface area contributed by atoms with Crippen LogP contribution in [-0.2, 0) is 10.8 Å². The molecule has 388 valence electrons. The Labute approximate surface area is 476 Å². The molecule has 4 aromatic heterocycles. The van der Waals surface area contributed by atoms with Gasteiger partial charge in [-0.15, -0.1) is 22.7 Å². The molecule has 80 heavy (non-hydrogen) atoms. The fraction of sp³-hybridized carbons (Fsp3) is 0.151. The van der Waals surface area contributed by atoms with Gasteiger partial charge in [-0.25, -0.2) is 0 Å². The Balaban J connectivity index is 1.07. The second-order valence-electron chi connectivity index (χ2n) is 24.3. The van der Waals surface area contributed by atoms with Gasteiger partial charge in [0.1, 0.15) is 22.5 Å². The molecule has 7 heteroatoms. The van der Waals surface area contributed by atoms with Crippen molar-refractivity contribution in [3.05, 3.63) is 222 Å². The zero-order valence-electron chi connectivity index (χ0n) is 46.3. The Morgan fingerprint density at radius 3 is 1.25 bits per heavy atom. The van der Waals surface area contributed by atoms with Crippen LogP contribution < -0.4 is 26.6 Å². The highest BCUT2D eigenvalue weighted by atomic mass is 32.1. The fourth-order valence-corrected chi connectivity index (χ4v) is 14.6. The predicted molar refractivity (Wildman–Crippen MR) is 344 cm³/mol. The SMILES string of the molecule is CC(C)c1cc2c3c(c1)N(c1ccc(-c4csc5ccccc45)cc1-c1ccccc1)c1c(oc4ccc(C(C)(C)C)cc14)B3c1oc3ccc(C(C)(C)C)cc3c1N2c1ccc(-c2csc3ccccc23)cc1-c1ccccc1. The minimum absolute atomic E-state index is 0.113. The van der Waals surface area contributed by atoms with Crippen LogP contribution in [0.1, 0.15) is 78.0 Å². The third-order valence-corrected chi connectivity index (χ3v) is 18.8. The number of thiophene rings is 2. The van der Waals surface area contributed by atoms with Gasteiger partial charge in [0.25, 0.3) is 0 Å². The van der Waals surface area contributed by atoms with Crippen molar-refractivity contribution in [3.63, 3.8) is 0 Å². The van der Waals surface area contributed by atoms with E-state index >= 15 is 0 Å². The van der Waals surface area contributed by atoms with E-state index in [-0.39, 0.29) is 23.5 Å². The van der Waals surface area contributed by atoms with Crippen LogP contribution >= 0.6 is 22.7 Å². The summed E-state index contributed by atoms with van der Waals surface area (Å²) in [6.45, 7) is 18.1. The van der Waals surface area contributed by atoms with Gasteiger partial charge in [0, 0.05) is 64.6 Å². The number of benzene rings is 9. The number of nitrogens with zero attached hydrogens (tertiary/aromatic N) is 2. The number of rotatable bonds is 7. The highest BCUT2D eigenvalue weighted by Crippen LogP contribution is 2.54. The van der Waals surface area contributed by atoms with Crippen LogP contribution in [0.3, 0.4) is 0 Å².